The van der Waals surface area contributed by atoms with Gasteiger partial charge < -0.3 is 14.5 Å². The summed E-state index contributed by atoms with van der Waals surface area (Å²) in [5.74, 6) is 1.35. The third kappa shape index (κ3) is 6.62. The highest BCUT2D eigenvalue weighted by molar-refractivity contribution is 9.10. The van der Waals surface area contributed by atoms with Crippen LogP contribution >= 0.6 is 15.9 Å². The number of carbonyl (C=O) groups excluding carboxylic acids is 1. The van der Waals surface area contributed by atoms with Gasteiger partial charge in [-0.1, -0.05) is 12.1 Å². The maximum Gasteiger partial charge on any atom is 0.248 e. The average Bonchev–Trinajstić information content (AvgIpc) is 3.16. The molecule has 1 aromatic carbocycles. The van der Waals surface area contributed by atoms with Crippen LogP contribution in [0.25, 0.3) is 11.5 Å². The lowest BCUT2D eigenvalue weighted by Crippen LogP contribution is -2.40. The number of nitrogens with zero attached hydrogens (tertiary/aromatic N) is 3. The van der Waals surface area contributed by atoms with Gasteiger partial charge in [0.05, 0.1) is 18.2 Å². The zero-order valence-electron chi connectivity index (χ0n) is 17.1. The van der Waals surface area contributed by atoms with Crippen molar-refractivity contribution in [1.82, 2.24) is 20.4 Å². The van der Waals surface area contributed by atoms with Crippen molar-refractivity contribution in [3.63, 3.8) is 0 Å². The molecule has 0 saturated carbocycles. The molecule has 1 aliphatic rings. The van der Waals surface area contributed by atoms with Gasteiger partial charge in [0, 0.05) is 23.5 Å². The number of aromatic nitrogens is 2. The first-order chi connectivity index (χ1) is 14.0. The van der Waals surface area contributed by atoms with Crippen molar-refractivity contribution in [1.29, 1.82) is 0 Å². The molecule has 2 heterocycles. The molecule has 29 heavy (non-hydrogen) atoms. The molecule has 0 radical (unpaired) electrons. The number of hydrogen-bond donors (Lipinski definition) is 1. The molecule has 7 nitrogen and oxygen atoms in total. The molecule has 0 atom stereocenters. The summed E-state index contributed by atoms with van der Waals surface area (Å²) in [6, 6.07) is 7.79. The lowest BCUT2D eigenvalue weighted by Gasteiger charge is -2.30. The van der Waals surface area contributed by atoms with Crippen molar-refractivity contribution in [3.05, 3.63) is 34.6 Å². The Balaban J connectivity index is 1.40. The molecule has 0 unspecified atom stereocenters. The second kappa shape index (κ2) is 10.8. The van der Waals surface area contributed by atoms with Crippen LogP contribution in [0.1, 0.15) is 39.0 Å². The molecule has 1 N–H and O–H groups in total. The van der Waals surface area contributed by atoms with Gasteiger partial charge in [-0.25, -0.2) is 0 Å². The molecule has 8 heteroatoms. The first-order valence-electron chi connectivity index (χ1n) is 10.2. The predicted octanol–water partition coefficient (Wildman–Crippen LogP) is 3.64. The van der Waals surface area contributed by atoms with Crippen molar-refractivity contribution in [2.75, 3.05) is 26.2 Å². The Bertz CT molecular complexity index is 788. The van der Waals surface area contributed by atoms with Gasteiger partial charge >= 0.3 is 0 Å². The van der Waals surface area contributed by atoms with Crippen LogP contribution in [-0.4, -0.2) is 53.3 Å². The second-order valence-electron chi connectivity index (χ2n) is 7.60. The third-order valence-corrected chi connectivity index (χ3v) is 5.65. The van der Waals surface area contributed by atoms with Crippen LogP contribution in [0.4, 0.5) is 0 Å². The number of halogens is 1. The summed E-state index contributed by atoms with van der Waals surface area (Å²) in [4.78, 5) is 14.6. The van der Waals surface area contributed by atoms with Crippen LogP contribution in [0.5, 0.6) is 0 Å². The minimum absolute atomic E-state index is 0.0794. The van der Waals surface area contributed by atoms with E-state index < -0.39 is 0 Å². The molecule has 1 aliphatic heterocycles. The van der Waals surface area contributed by atoms with Crippen LogP contribution in [0, 0.1) is 5.92 Å². The molecular formula is C21H29BrN4O3. The predicted molar refractivity (Wildman–Crippen MR) is 114 cm³/mol. The molecular weight excluding hydrogens is 436 g/mol. The number of ether oxygens (including phenoxy) is 1. The van der Waals surface area contributed by atoms with Crippen LogP contribution in [-0.2, 0) is 16.1 Å². The lowest BCUT2D eigenvalue weighted by molar-refractivity contribution is -0.126. The molecule has 158 valence electrons. The highest BCUT2D eigenvalue weighted by Gasteiger charge is 2.25. The molecule has 1 fully saturated rings. The molecule has 1 amide bonds. The minimum Gasteiger partial charge on any atom is -0.419 e. The summed E-state index contributed by atoms with van der Waals surface area (Å²) in [7, 11) is 0. The number of nitrogens with one attached hydrogen (secondary N) is 1. The van der Waals surface area contributed by atoms with E-state index in [1.165, 1.54) is 0 Å². The fraction of sp³-hybridized carbons (Fsp3) is 0.571. The fourth-order valence-corrected chi connectivity index (χ4v) is 3.81. The quantitative estimate of drug-likeness (QED) is 0.570. The topological polar surface area (TPSA) is 80.5 Å². The Morgan fingerprint density at radius 2 is 2.07 bits per heavy atom. The number of hydrogen-bond acceptors (Lipinski definition) is 6. The smallest absolute Gasteiger partial charge is 0.248 e. The molecule has 1 aromatic heterocycles. The van der Waals surface area contributed by atoms with Crippen molar-refractivity contribution in [2.24, 2.45) is 5.92 Å². The summed E-state index contributed by atoms with van der Waals surface area (Å²) in [5.41, 5.74) is 0.889. The normalized spacial score (nSPS) is 15.7. The van der Waals surface area contributed by atoms with E-state index in [-0.39, 0.29) is 17.9 Å². The van der Waals surface area contributed by atoms with E-state index in [0.717, 1.165) is 42.4 Å². The number of amides is 1. The Morgan fingerprint density at radius 3 is 2.79 bits per heavy atom. The molecule has 2 aromatic rings. The summed E-state index contributed by atoms with van der Waals surface area (Å²) < 4.78 is 12.3. The van der Waals surface area contributed by atoms with E-state index >= 15 is 0 Å². The van der Waals surface area contributed by atoms with Crippen molar-refractivity contribution in [3.8, 4) is 11.5 Å². The molecule has 0 bridgehead atoms. The van der Waals surface area contributed by atoms with Gasteiger partial charge in [-0.05, 0) is 74.3 Å². The van der Waals surface area contributed by atoms with E-state index in [9.17, 15) is 4.79 Å². The number of carbonyl (C=O) groups is 1. The Labute approximate surface area is 180 Å². The molecule has 0 aliphatic carbocycles. The number of likely N-dealkylation sites (tertiary alicyclic amines) is 1. The van der Waals surface area contributed by atoms with E-state index in [1.54, 1.807) is 0 Å². The standard InChI is InChI=1S/C21H29BrN4O3/c1-15(2)28-13-5-10-23-20(27)16-8-11-26(12-9-16)14-19-24-25-21(29-19)17-6-3-4-7-18(17)22/h3-4,6-7,15-16H,5,8-14H2,1-2H3,(H,23,27). The van der Waals surface area contributed by atoms with Gasteiger partial charge in [0.1, 0.15) is 0 Å². The highest BCUT2D eigenvalue weighted by Crippen LogP contribution is 2.27. The van der Waals surface area contributed by atoms with Gasteiger partial charge in [-0.2, -0.15) is 0 Å². The van der Waals surface area contributed by atoms with Crippen molar-refractivity contribution in [2.45, 2.75) is 45.8 Å². The SMILES string of the molecule is CC(C)OCCCNC(=O)C1CCN(Cc2nnc(-c3ccccc3Br)o2)CC1. The van der Waals surface area contributed by atoms with Crippen LogP contribution < -0.4 is 5.32 Å². The van der Waals surface area contributed by atoms with E-state index in [0.29, 0.717) is 31.5 Å². The zero-order chi connectivity index (χ0) is 20.6. The van der Waals surface area contributed by atoms with Gasteiger partial charge in [0.25, 0.3) is 0 Å². The third-order valence-electron chi connectivity index (χ3n) is 4.96. The van der Waals surface area contributed by atoms with E-state index in [2.05, 4.69) is 36.3 Å². The van der Waals surface area contributed by atoms with Crippen molar-refractivity contribution >= 4 is 21.8 Å². The molecule has 0 spiro atoms. The maximum atomic E-state index is 12.3. The van der Waals surface area contributed by atoms with Crippen LogP contribution in [0.15, 0.2) is 33.2 Å². The number of benzene rings is 1. The molecule has 1 saturated heterocycles. The fourth-order valence-electron chi connectivity index (χ4n) is 3.35. The largest absolute Gasteiger partial charge is 0.419 e. The highest BCUT2D eigenvalue weighted by atomic mass is 79.9. The van der Waals surface area contributed by atoms with Crippen LogP contribution in [0.2, 0.25) is 0 Å². The number of rotatable bonds is 9. The Kier molecular flexibility index (Phi) is 8.20. The first kappa shape index (κ1) is 21.9. The monoisotopic (exact) mass is 464 g/mol. The summed E-state index contributed by atoms with van der Waals surface area (Å²) in [6.07, 6.45) is 2.78. The Hall–Kier alpha value is -1.77. The zero-order valence-corrected chi connectivity index (χ0v) is 18.7. The lowest BCUT2D eigenvalue weighted by atomic mass is 9.96. The van der Waals surface area contributed by atoms with Gasteiger partial charge in [0.15, 0.2) is 0 Å². The van der Waals surface area contributed by atoms with Crippen molar-refractivity contribution < 1.29 is 13.9 Å². The minimum atomic E-state index is 0.0794. The summed E-state index contributed by atoms with van der Waals surface area (Å²) in [6.45, 7) is 7.69. The van der Waals surface area contributed by atoms with Gasteiger partial charge in [0.2, 0.25) is 17.7 Å². The average molecular weight is 465 g/mol. The molecule has 3 rings (SSSR count). The number of piperidine rings is 1. The summed E-state index contributed by atoms with van der Waals surface area (Å²) in [5, 5.41) is 11.4. The van der Waals surface area contributed by atoms with Gasteiger partial charge in [-0.3, -0.25) is 9.69 Å². The maximum absolute atomic E-state index is 12.3. The summed E-state index contributed by atoms with van der Waals surface area (Å²) >= 11 is 3.51. The van der Waals surface area contributed by atoms with E-state index in [1.807, 2.05) is 38.1 Å². The van der Waals surface area contributed by atoms with Crippen LogP contribution in [0.3, 0.4) is 0 Å². The Morgan fingerprint density at radius 1 is 1.31 bits per heavy atom. The van der Waals surface area contributed by atoms with E-state index in [4.69, 9.17) is 9.15 Å². The second-order valence-corrected chi connectivity index (χ2v) is 8.45. The van der Waals surface area contributed by atoms with Gasteiger partial charge in [-0.15, -0.1) is 10.2 Å². The first-order valence-corrected chi connectivity index (χ1v) is 11.0.